The van der Waals surface area contributed by atoms with Gasteiger partial charge in [-0.3, -0.25) is 15.6 Å². The van der Waals surface area contributed by atoms with E-state index in [1.807, 2.05) is 0 Å². The number of hydrazine groups is 1. The van der Waals surface area contributed by atoms with E-state index in [9.17, 15) is 4.79 Å². The lowest BCUT2D eigenvalue weighted by Gasteiger charge is -2.08. The van der Waals surface area contributed by atoms with Crippen LogP contribution < -0.4 is 10.9 Å². The summed E-state index contributed by atoms with van der Waals surface area (Å²) in [5.41, 5.74) is 5.61. The largest absolute Gasteiger partial charge is 0.297 e. The van der Waals surface area contributed by atoms with E-state index in [-0.39, 0.29) is 5.91 Å². The molecule has 0 aromatic heterocycles. The van der Waals surface area contributed by atoms with E-state index in [2.05, 4.69) is 10.9 Å². The Hall–Kier alpha value is -0.930. The Morgan fingerprint density at radius 2 is 2.08 bits per heavy atom. The van der Waals surface area contributed by atoms with Crippen LogP contribution in [0, 0.1) is 0 Å². The summed E-state index contributed by atoms with van der Waals surface area (Å²) in [7, 11) is 0. The summed E-state index contributed by atoms with van der Waals surface area (Å²) in [6.45, 7) is 1.39. The molecule has 5 heteroatoms. The number of carbonyl (C=O) groups excluding carboxylic acids is 1. The molecule has 0 saturated heterocycles. The standard InChI is InChI=1S/C8H8Cl2N2O/c1-5(13)11-12-7-4-2-3-6(9)8(7)10/h2-4,12H,1H3,(H,11,13). The van der Waals surface area contributed by atoms with Gasteiger partial charge in [0.1, 0.15) is 0 Å². The second kappa shape index (κ2) is 4.35. The Balaban J connectivity index is 2.77. The summed E-state index contributed by atoms with van der Waals surface area (Å²) in [4.78, 5) is 10.6. The summed E-state index contributed by atoms with van der Waals surface area (Å²) in [5, 5.41) is 0.829. The minimum atomic E-state index is -0.198. The highest BCUT2D eigenvalue weighted by Gasteiger charge is 2.02. The Bertz CT molecular complexity index is 328. The van der Waals surface area contributed by atoms with E-state index in [0.717, 1.165) is 0 Å². The fourth-order valence-corrected chi connectivity index (χ4v) is 1.10. The molecule has 1 aromatic carbocycles. The molecule has 70 valence electrons. The molecule has 3 nitrogen and oxygen atoms in total. The zero-order chi connectivity index (χ0) is 9.84. The molecule has 0 aliphatic carbocycles. The van der Waals surface area contributed by atoms with Crippen LogP contribution >= 0.6 is 23.2 Å². The Morgan fingerprint density at radius 1 is 1.38 bits per heavy atom. The first kappa shape index (κ1) is 10.2. The zero-order valence-corrected chi connectivity index (χ0v) is 8.41. The molecule has 0 atom stereocenters. The van der Waals surface area contributed by atoms with Crippen LogP contribution in [0.2, 0.25) is 10.0 Å². The lowest BCUT2D eigenvalue weighted by molar-refractivity contribution is -0.118. The third-order valence-corrected chi connectivity index (χ3v) is 2.14. The molecule has 0 radical (unpaired) electrons. The molecule has 0 aliphatic heterocycles. The van der Waals surface area contributed by atoms with Gasteiger partial charge in [0.2, 0.25) is 5.91 Å². The maximum atomic E-state index is 10.6. The number of benzene rings is 1. The van der Waals surface area contributed by atoms with Crippen LogP contribution in [0.1, 0.15) is 6.92 Å². The summed E-state index contributed by atoms with van der Waals surface area (Å²) >= 11 is 11.6. The van der Waals surface area contributed by atoms with Crippen molar-refractivity contribution in [1.82, 2.24) is 5.43 Å². The second-order valence-electron chi connectivity index (χ2n) is 2.41. The number of hydrogen-bond donors (Lipinski definition) is 2. The monoisotopic (exact) mass is 218 g/mol. The van der Waals surface area contributed by atoms with Crippen molar-refractivity contribution >= 4 is 34.8 Å². The van der Waals surface area contributed by atoms with Crippen molar-refractivity contribution in [1.29, 1.82) is 0 Å². The van der Waals surface area contributed by atoms with Crippen LogP contribution in [0.5, 0.6) is 0 Å². The Morgan fingerprint density at radius 3 is 2.69 bits per heavy atom. The summed E-state index contributed by atoms with van der Waals surface area (Å²) in [5.74, 6) is -0.198. The van der Waals surface area contributed by atoms with Crippen molar-refractivity contribution in [2.45, 2.75) is 6.92 Å². The third-order valence-electron chi connectivity index (χ3n) is 1.32. The number of anilines is 1. The summed E-state index contributed by atoms with van der Waals surface area (Å²) in [6, 6.07) is 5.12. The molecule has 0 unspecified atom stereocenters. The molecule has 2 N–H and O–H groups in total. The fraction of sp³-hybridized carbons (Fsp3) is 0.125. The van der Waals surface area contributed by atoms with Crippen molar-refractivity contribution in [3.05, 3.63) is 28.2 Å². The molecule has 13 heavy (non-hydrogen) atoms. The van der Waals surface area contributed by atoms with Crippen molar-refractivity contribution in [2.24, 2.45) is 0 Å². The van der Waals surface area contributed by atoms with Gasteiger partial charge in [-0.25, -0.2) is 0 Å². The molecule has 0 spiro atoms. The number of halogens is 2. The van der Waals surface area contributed by atoms with Gasteiger partial charge in [0, 0.05) is 6.92 Å². The molecule has 1 aromatic rings. The predicted octanol–water partition coefficient (Wildman–Crippen LogP) is 2.46. The van der Waals surface area contributed by atoms with Crippen LogP contribution in [0.3, 0.4) is 0 Å². The number of amides is 1. The molecule has 0 heterocycles. The average molecular weight is 219 g/mol. The lowest BCUT2D eigenvalue weighted by atomic mass is 10.3. The van der Waals surface area contributed by atoms with Crippen LogP contribution in [-0.4, -0.2) is 5.91 Å². The highest BCUT2D eigenvalue weighted by molar-refractivity contribution is 6.43. The van der Waals surface area contributed by atoms with Gasteiger partial charge in [0.15, 0.2) is 0 Å². The van der Waals surface area contributed by atoms with Crippen molar-refractivity contribution in [2.75, 3.05) is 5.43 Å². The van der Waals surface area contributed by atoms with Gasteiger partial charge in [0.25, 0.3) is 0 Å². The highest BCUT2D eigenvalue weighted by Crippen LogP contribution is 2.28. The number of carbonyl (C=O) groups is 1. The molecular weight excluding hydrogens is 211 g/mol. The smallest absolute Gasteiger partial charge is 0.235 e. The van der Waals surface area contributed by atoms with Gasteiger partial charge >= 0.3 is 0 Å². The second-order valence-corrected chi connectivity index (χ2v) is 3.19. The number of rotatable bonds is 2. The van der Waals surface area contributed by atoms with Crippen molar-refractivity contribution in [3.8, 4) is 0 Å². The first-order valence-electron chi connectivity index (χ1n) is 3.58. The molecule has 0 aliphatic rings. The van der Waals surface area contributed by atoms with Gasteiger partial charge in [-0.05, 0) is 12.1 Å². The van der Waals surface area contributed by atoms with Gasteiger partial charge in [-0.15, -0.1) is 0 Å². The molecule has 0 saturated carbocycles. The van der Waals surface area contributed by atoms with E-state index < -0.39 is 0 Å². The maximum Gasteiger partial charge on any atom is 0.235 e. The summed E-state index contributed by atoms with van der Waals surface area (Å²) < 4.78 is 0. The first-order chi connectivity index (χ1) is 6.11. The zero-order valence-electron chi connectivity index (χ0n) is 6.90. The van der Waals surface area contributed by atoms with E-state index in [4.69, 9.17) is 23.2 Å². The maximum absolute atomic E-state index is 10.6. The average Bonchev–Trinajstić information content (AvgIpc) is 2.07. The van der Waals surface area contributed by atoms with E-state index in [0.29, 0.717) is 15.7 Å². The van der Waals surface area contributed by atoms with Crippen molar-refractivity contribution in [3.63, 3.8) is 0 Å². The van der Waals surface area contributed by atoms with Crippen LogP contribution in [-0.2, 0) is 4.79 Å². The SMILES string of the molecule is CC(=O)NNc1cccc(Cl)c1Cl. The van der Waals surface area contributed by atoms with Gasteiger partial charge in [-0.1, -0.05) is 29.3 Å². The number of nitrogens with one attached hydrogen (secondary N) is 2. The highest BCUT2D eigenvalue weighted by atomic mass is 35.5. The van der Waals surface area contributed by atoms with E-state index in [1.54, 1.807) is 18.2 Å². The topological polar surface area (TPSA) is 41.1 Å². The number of hydrogen-bond acceptors (Lipinski definition) is 2. The minimum absolute atomic E-state index is 0.198. The lowest BCUT2D eigenvalue weighted by Crippen LogP contribution is -2.26. The molecular formula is C8H8Cl2N2O. The molecule has 1 amide bonds. The fourth-order valence-electron chi connectivity index (χ4n) is 0.756. The van der Waals surface area contributed by atoms with Gasteiger partial charge in [-0.2, -0.15) is 0 Å². The van der Waals surface area contributed by atoms with Crippen LogP contribution in [0.4, 0.5) is 5.69 Å². The third kappa shape index (κ3) is 2.79. The van der Waals surface area contributed by atoms with Gasteiger partial charge < -0.3 is 0 Å². The first-order valence-corrected chi connectivity index (χ1v) is 4.33. The minimum Gasteiger partial charge on any atom is -0.297 e. The van der Waals surface area contributed by atoms with E-state index >= 15 is 0 Å². The Labute approximate surface area is 86.0 Å². The molecule has 0 fully saturated rings. The summed E-state index contributed by atoms with van der Waals surface area (Å²) in [6.07, 6.45) is 0. The van der Waals surface area contributed by atoms with Gasteiger partial charge in [0.05, 0.1) is 15.7 Å². The quantitative estimate of drug-likeness (QED) is 0.750. The predicted molar refractivity (Wildman–Crippen MR) is 53.9 cm³/mol. The molecule has 0 bridgehead atoms. The van der Waals surface area contributed by atoms with Crippen LogP contribution in [0.25, 0.3) is 0 Å². The normalized spacial score (nSPS) is 9.46. The van der Waals surface area contributed by atoms with E-state index in [1.165, 1.54) is 6.92 Å². The Kier molecular flexibility index (Phi) is 3.39. The molecule has 1 rings (SSSR count). The van der Waals surface area contributed by atoms with Crippen molar-refractivity contribution < 1.29 is 4.79 Å². The van der Waals surface area contributed by atoms with Crippen LogP contribution in [0.15, 0.2) is 18.2 Å².